The van der Waals surface area contributed by atoms with E-state index in [-0.39, 0.29) is 23.1 Å². The topological polar surface area (TPSA) is 103 Å². The van der Waals surface area contributed by atoms with Gasteiger partial charge in [-0.2, -0.15) is 0 Å². The van der Waals surface area contributed by atoms with Crippen molar-refractivity contribution < 1.29 is 19.2 Å². The number of aromatic nitrogens is 1. The summed E-state index contributed by atoms with van der Waals surface area (Å²) in [6.45, 7) is 0.712. The smallest absolute Gasteiger partial charge is 0.163 e. The van der Waals surface area contributed by atoms with Gasteiger partial charge in [-0.15, -0.1) is 11.3 Å². The number of hydrogen-bond acceptors (Lipinski definition) is 7. The highest BCUT2D eigenvalue weighted by Crippen LogP contribution is 2.39. The number of benzene rings is 1. The molecule has 2 aliphatic carbocycles. The maximum absolute atomic E-state index is 13.3. The van der Waals surface area contributed by atoms with Crippen LogP contribution in [0.15, 0.2) is 64.1 Å². The Hall–Kier alpha value is -2.88. The largest absolute Gasteiger partial charge is 0.483 e. The van der Waals surface area contributed by atoms with E-state index in [0.717, 1.165) is 40.8 Å². The van der Waals surface area contributed by atoms with Crippen molar-refractivity contribution in [1.82, 2.24) is 9.88 Å². The van der Waals surface area contributed by atoms with Crippen molar-refractivity contribution in [2.75, 3.05) is 6.54 Å². The Morgan fingerprint density at radius 2 is 2.09 bits per heavy atom. The van der Waals surface area contributed by atoms with Crippen molar-refractivity contribution in [3.8, 4) is 5.75 Å². The number of carbonyl (C=O) groups excluding carboxylic acids is 1. The van der Waals surface area contributed by atoms with Gasteiger partial charge in [0.25, 0.3) is 0 Å². The van der Waals surface area contributed by atoms with Gasteiger partial charge in [-0.05, 0) is 60.5 Å². The van der Waals surface area contributed by atoms with E-state index in [1.807, 2.05) is 36.7 Å². The molecule has 35 heavy (non-hydrogen) atoms. The molecule has 6 rings (SSSR count). The number of Topliss-reactive ketones (excluding diaryl/α,β-unsaturated/α-hetero) is 1. The van der Waals surface area contributed by atoms with Crippen molar-refractivity contribution in [3.05, 3.63) is 75.6 Å². The third kappa shape index (κ3) is 4.80. The number of rotatable bonds is 8. The molecule has 4 atom stereocenters. The average molecular weight is 510 g/mol. The van der Waals surface area contributed by atoms with Crippen molar-refractivity contribution in [1.29, 1.82) is 0 Å². The third-order valence-electron chi connectivity index (χ3n) is 6.73. The molecule has 0 bridgehead atoms. The highest BCUT2D eigenvalue weighted by atomic mass is 32.2. The minimum Gasteiger partial charge on any atom is -0.483 e. The molecule has 0 radical (unpaired) electrons. The summed E-state index contributed by atoms with van der Waals surface area (Å²) < 4.78 is 20.0. The van der Waals surface area contributed by atoms with Gasteiger partial charge in [0.1, 0.15) is 10.8 Å². The zero-order valence-corrected chi connectivity index (χ0v) is 20.8. The van der Waals surface area contributed by atoms with E-state index in [9.17, 15) is 9.00 Å². The standard InChI is InChI=1S/C26H25N3O3S2.H2O/c30-22-6-3-5-17-18(22)9-10-23(19(17)15-34(31)26-8-1-2-11-27-26)32-24(25-7-4-12-33-25)14-29-16-28-20-13-21(20)29;/h1-2,4,7-12,16,20-21,24H,3,5-6,13-15H2;1H2. The summed E-state index contributed by atoms with van der Waals surface area (Å²) >= 11 is 1.67. The number of aliphatic imine (C=N–C) groups is 1. The Morgan fingerprint density at radius 3 is 2.80 bits per heavy atom. The molecule has 3 aliphatic rings. The minimum atomic E-state index is -1.34. The summed E-state index contributed by atoms with van der Waals surface area (Å²) in [5.74, 6) is 1.13. The molecule has 1 fully saturated rings. The monoisotopic (exact) mass is 509 g/mol. The fraction of sp³-hybridized carbons (Fsp3) is 0.346. The minimum absolute atomic E-state index is 0. The fourth-order valence-electron chi connectivity index (χ4n) is 4.86. The molecular formula is C26H27N3O4S2. The second-order valence-corrected chi connectivity index (χ2v) is 11.3. The molecule has 7 nitrogen and oxygen atoms in total. The molecule has 2 aromatic heterocycles. The molecule has 1 aliphatic heterocycles. The lowest BCUT2D eigenvalue weighted by Crippen LogP contribution is -2.30. The van der Waals surface area contributed by atoms with Crippen LogP contribution in [-0.2, 0) is 23.0 Å². The van der Waals surface area contributed by atoms with Crippen LogP contribution in [0.5, 0.6) is 5.75 Å². The second-order valence-electron chi connectivity index (χ2n) is 8.96. The maximum Gasteiger partial charge on any atom is 0.163 e. The zero-order valence-electron chi connectivity index (χ0n) is 19.1. The van der Waals surface area contributed by atoms with Gasteiger partial charge in [0.05, 0.1) is 41.5 Å². The molecule has 3 aromatic rings. The Morgan fingerprint density at radius 1 is 1.17 bits per heavy atom. The third-order valence-corrected chi connectivity index (χ3v) is 8.95. The number of nitrogens with zero attached hydrogens (tertiary/aromatic N) is 3. The van der Waals surface area contributed by atoms with Gasteiger partial charge >= 0.3 is 0 Å². The summed E-state index contributed by atoms with van der Waals surface area (Å²) in [7, 11) is -1.34. The van der Waals surface area contributed by atoms with E-state index in [1.165, 1.54) is 0 Å². The first kappa shape index (κ1) is 23.8. The molecule has 1 aromatic carbocycles. The lowest BCUT2D eigenvalue weighted by atomic mass is 9.87. The van der Waals surface area contributed by atoms with Crippen LogP contribution in [0.25, 0.3) is 0 Å². The van der Waals surface area contributed by atoms with Gasteiger partial charge in [0.15, 0.2) is 11.9 Å². The first-order valence-electron chi connectivity index (χ1n) is 11.6. The Labute approximate surface area is 210 Å². The predicted molar refractivity (Wildman–Crippen MR) is 137 cm³/mol. The number of hydrogen-bond donors (Lipinski definition) is 0. The first-order valence-corrected chi connectivity index (χ1v) is 13.8. The number of ketones is 1. The number of ether oxygens (including phenoxy) is 1. The van der Waals surface area contributed by atoms with Crippen molar-refractivity contribution in [2.45, 2.75) is 54.6 Å². The Bertz CT molecular complexity index is 1260. The molecule has 0 amide bonds. The normalized spacial score (nSPS) is 21.6. The highest BCUT2D eigenvalue weighted by molar-refractivity contribution is 7.84. The van der Waals surface area contributed by atoms with Crippen molar-refractivity contribution >= 4 is 34.3 Å². The number of fused-ring (bicyclic) bond motifs is 2. The summed E-state index contributed by atoms with van der Waals surface area (Å²) in [6.07, 6.45) is 6.70. The highest BCUT2D eigenvalue weighted by Gasteiger charge is 2.45. The van der Waals surface area contributed by atoms with Gasteiger partial charge < -0.3 is 15.1 Å². The van der Waals surface area contributed by atoms with E-state index >= 15 is 0 Å². The van der Waals surface area contributed by atoms with Gasteiger partial charge in [-0.1, -0.05) is 12.1 Å². The van der Waals surface area contributed by atoms with Crippen LogP contribution in [0.4, 0.5) is 0 Å². The van der Waals surface area contributed by atoms with Crippen LogP contribution in [-0.4, -0.2) is 50.3 Å². The van der Waals surface area contributed by atoms with Gasteiger partial charge in [-0.25, -0.2) is 4.98 Å². The first-order chi connectivity index (χ1) is 16.7. The van der Waals surface area contributed by atoms with E-state index in [1.54, 1.807) is 23.6 Å². The predicted octanol–water partition coefficient (Wildman–Crippen LogP) is 3.75. The molecule has 0 spiro atoms. The molecule has 1 saturated carbocycles. The van der Waals surface area contributed by atoms with Crippen molar-refractivity contribution in [3.63, 3.8) is 0 Å². The van der Waals surface area contributed by atoms with Gasteiger partial charge in [-0.3, -0.25) is 14.0 Å². The number of thiophene rings is 1. The van der Waals surface area contributed by atoms with Crippen LogP contribution in [0.2, 0.25) is 0 Å². The summed E-state index contributed by atoms with van der Waals surface area (Å²) in [6, 6.07) is 14.3. The number of pyridine rings is 1. The second kappa shape index (κ2) is 10.0. The summed E-state index contributed by atoms with van der Waals surface area (Å²) in [5.41, 5.74) is 2.59. The Kier molecular flexibility index (Phi) is 6.82. The molecule has 3 heterocycles. The fourth-order valence-corrected chi connectivity index (χ4v) is 6.74. The van der Waals surface area contributed by atoms with Crippen molar-refractivity contribution in [2.24, 2.45) is 4.99 Å². The van der Waals surface area contributed by atoms with Crippen LogP contribution < -0.4 is 4.74 Å². The lowest BCUT2D eigenvalue weighted by Gasteiger charge is -2.27. The van der Waals surface area contributed by atoms with E-state index < -0.39 is 10.8 Å². The van der Waals surface area contributed by atoms with Crippen LogP contribution in [0.1, 0.15) is 51.7 Å². The molecule has 0 saturated heterocycles. The molecule has 2 N–H and O–H groups in total. The van der Waals surface area contributed by atoms with Crippen LogP contribution >= 0.6 is 11.3 Å². The quantitative estimate of drug-likeness (QED) is 0.460. The van der Waals surface area contributed by atoms with Crippen LogP contribution in [0.3, 0.4) is 0 Å². The Balaban J connectivity index is 0.00000253. The molecular weight excluding hydrogens is 482 g/mol. The maximum atomic E-state index is 13.3. The summed E-state index contributed by atoms with van der Waals surface area (Å²) in [5, 5.41) is 2.60. The van der Waals surface area contributed by atoms with Crippen LogP contribution in [0, 0.1) is 0 Å². The molecule has 182 valence electrons. The van der Waals surface area contributed by atoms with E-state index in [0.29, 0.717) is 35.8 Å². The van der Waals surface area contributed by atoms with E-state index in [4.69, 9.17) is 4.74 Å². The van der Waals surface area contributed by atoms with E-state index in [2.05, 4.69) is 26.3 Å². The van der Waals surface area contributed by atoms with Gasteiger partial charge in [0.2, 0.25) is 0 Å². The average Bonchev–Trinajstić information content (AvgIpc) is 3.24. The molecule has 4 unspecified atom stereocenters. The lowest BCUT2D eigenvalue weighted by molar-refractivity contribution is 0.0972. The molecule has 9 heteroatoms. The summed E-state index contributed by atoms with van der Waals surface area (Å²) in [4.78, 5) is 24.9. The van der Waals surface area contributed by atoms with Gasteiger partial charge in [0, 0.05) is 28.6 Å². The number of carbonyl (C=O) groups is 1. The zero-order chi connectivity index (χ0) is 23.1. The SMILES string of the molecule is O.O=C1CCCc2c1ccc(OC(CN1C=NC3CC31)c1cccs1)c2CS(=O)c1ccccn1.